The Hall–Kier alpha value is -4.65. The van der Waals surface area contributed by atoms with Gasteiger partial charge in [0.25, 0.3) is 0 Å². The van der Waals surface area contributed by atoms with Crippen LogP contribution in [0.1, 0.15) is 39.7 Å². The molecule has 37 heavy (non-hydrogen) atoms. The zero-order chi connectivity index (χ0) is 25.7. The van der Waals surface area contributed by atoms with Crippen molar-refractivity contribution in [3.8, 4) is 0 Å². The van der Waals surface area contributed by atoms with Gasteiger partial charge in [-0.3, -0.25) is 4.79 Å². The second kappa shape index (κ2) is 8.78. The third kappa shape index (κ3) is 3.89. The van der Waals surface area contributed by atoms with Crippen molar-refractivity contribution in [3.63, 3.8) is 0 Å². The van der Waals surface area contributed by atoms with Crippen molar-refractivity contribution in [2.75, 3.05) is 0 Å². The van der Waals surface area contributed by atoms with Gasteiger partial charge in [-0.1, -0.05) is 42.5 Å². The van der Waals surface area contributed by atoms with E-state index in [2.05, 4.69) is 10.3 Å². The summed E-state index contributed by atoms with van der Waals surface area (Å²) in [6.07, 6.45) is 1.58. The first-order valence-corrected chi connectivity index (χ1v) is 12.1. The van der Waals surface area contributed by atoms with Crippen LogP contribution in [-0.4, -0.2) is 15.9 Å². The fourth-order valence-corrected chi connectivity index (χ4v) is 4.96. The molecule has 0 radical (unpaired) electrons. The SMILES string of the molecule is Cc1coc2c(C)c3oc(=O)c(CC(=O)N[C@@H](c4ccccc4)c4nc5ccccc5[nH]4)c(C)c3cc12. The molecule has 3 aromatic carbocycles. The highest BCUT2D eigenvalue weighted by molar-refractivity contribution is 6.00. The number of benzene rings is 3. The largest absolute Gasteiger partial charge is 0.464 e. The van der Waals surface area contributed by atoms with Gasteiger partial charge in [0, 0.05) is 16.3 Å². The maximum atomic E-state index is 13.4. The Bertz CT molecular complexity index is 1830. The molecular formula is C30H25N3O4. The number of furan rings is 1. The van der Waals surface area contributed by atoms with E-state index in [1.54, 1.807) is 6.26 Å². The third-order valence-corrected chi connectivity index (χ3v) is 6.99. The lowest BCUT2D eigenvalue weighted by Gasteiger charge is -2.18. The van der Waals surface area contributed by atoms with E-state index in [0.29, 0.717) is 22.6 Å². The molecule has 0 aliphatic rings. The molecule has 0 unspecified atom stereocenters. The maximum absolute atomic E-state index is 13.4. The van der Waals surface area contributed by atoms with Gasteiger partial charge >= 0.3 is 5.63 Å². The Morgan fingerprint density at radius 3 is 2.51 bits per heavy atom. The van der Waals surface area contributed by atoms with Crippen LogP contribution in [0.15, 0.2) is 80.6 Å². The number of H-pyrrole nitrogens is 1. The predicted molar refractivity (Wildman–Crippen MR) is 143 cm³/mol. The molecule has 3 heterocycles. The number of nitrogens with zero attached hydrogens (tertiary/aromatic N) is 1. The van der Waals surface area contributed by atoms with E-state index >= 15 is 0 Å². The normalized spacial score (nSPS) is 12.4. The average Bonchev–Trinajstić information content (AvgIpc) is 3.50. The number of nitrogens with one attached hydrogen (secondary N) is 2. The zero-order valence-corrected chi connectivity index (χ0v) is 20.7. The first-order chi connectivity index (χ1) is 17.9. The molecule has 1 amide bonds. The first kappa shape index (κ1) is 22.8. The van der Waals surface area contributed by atoms with Gasteiger partial charge in [0.2, 0.25) is 5.91 Å². The standard InChI is InChI=1S/C30H25N3O4/c1-16-15-36-27-18(3)28-21(13-20(16)27)17(2)22(30(35)37-28)14-25(34)33-26(19-9-5-4-6-10-19)29-31-23-11-7-8-12-24(23)32-29/h4-13,15,26H,14H2,1-3H3,(H,31,32)(H,33,34)/t26-/m0/s1. The zero-order valence-electron chi connectivity index (χ0n) is 20.7. The molecule has 0 fully saturated rings. The van der Waals surface area contributed by atoms with Crippen molar-refractivity contribution in [1.29, 1.82) is 0 Å². The number of carbonyl (C=O) groups is 1. The summed E-state index contributed by atoms with van der Waals surface area (Å²) in [6, 6.07) is 18.8. The van der Waals surface area contributed by atoms with E-state index in [4.69, 9.17) is 13.8 Å². The van der Waals surface area contributed by atoms with Gasteiger partial charge in [-0.15, -0.1) is 0 Å². The van der Waals surface area contributed by atoms with Crippen LogP contribution in [0.25, 0.3) is 33.0 Å². The van der Waals surface area contributed by atoms with E-state index in [-0.39, 0.29) is 12.3 Å². The number of fused-ring (bicyclic) bond motifs is 3. The Morgan fingerprint density at radius 1 is 0.973 bits per heavy atom. The van der Waals surface area contributed by atoms with Crippen LogP contribution in [-0.2, 0) is 11.2 Å². The number of rotatable bonds is 5. The van der Waals surface area contributed by atoms with Crippen LogP contribution < -0.4 is 10.9 Å². The Morgan fingerprint density at radius 2 is 1.73 bits per heavy atom. The fraction of sp³-hybridized carbons (Fsp3) is 0.167. The van der Waals surface area contributed by atoms with E-state index in [9.17, 15) is 9.59 Å². The summed E-state index contributed by atoms with van der Waals surface area (Å²) < 4.78 is 11.4. The van der Waals surface area contributed by atoms with Gasteiger partial charge in [0.1, 0.15) is 23.0 Å². The number of carbonyl (C=O) groups excluding carboxylic acids is 1. The summed E-state index contributed by atoms with van der Waals surface area (Å²) in [6.45, 7) is 5.71. The quantitative estimate of drug-likeness (QED) is 0.297. The number of hydrogen-bond acceptors (Lipinski definition) is 5. The summed E-state index contributed by atoms with van der Waals surface area (Å²) in [4.78, 5) is 34.4. The minimum atomic E-state index is -0.522. The number of aromatic amines is 1. The lowest BCUT2D eigenvalue weighted by molar-refractivity contribution is -0.121. The highest BCUT2D eigenvalue weighted by Gasteiger charge is 2.23. The Labute approximate surface area is 212 Å². The molecule has 0 spiro atoms. The molecule has 6 aromatic rings. The van der Waals surface area contributed by atoms with E-state index < -0.39 is 11.7 Å². The van der Waals surface area contributed by atoms with Crippen molar-refractivity contribution in [1.82, 2.24) is 15.3 Å². The number of hydrogen-bond donors (Lipinski definition) is 2. The van der Waals surface area contributed by atoms with E-state index in [1.807, 2.05) is 81.4 Å². The molecule has 0 saturated carbocycles. The summed E-state index contributed by atoms with van der Waals surface area (Å²) in [7, 11) is 0. The molecule has 2 N–H and O–H groups in total. The smallest absolute Gasteiger partial charge is 0.340 e. The highest BCUT2D eigenvalue weighted by atomic mass is 16.4. The second-order valence-electron chi connectivity index (χ2n) is 9.39. The van der Waals surface area contributed by atoms with Gasteiger partial charge < -0.3 is 19.1 Å². The third-order valence-electron chi connectivity index (χ3n) is 6.99. The molecule has 1 atom stereocenters. The maximum Gasteiger partial charge on any atom is 0.340 e. The summed E-state index contributed by atoms with van der Waals surface area (Å²) in [5, 5.41) is 4.84. The molecule has 7 nitrogen and oxygen atoms in total. The number of para-hydroxylation sites is 2. The summed E-state index contributed by atoms with van der Waals surface area (Å²) >= 11 is 0. The average molecular weight is 492 g/mol. The van der Waals surface area contributed by atoms with Crippen molar-refractivity contribution >= 4 is 38.9 Å². The van der Waals surface area contributed by atoms with Crippen molar-refractivity contribution in [2.45, 2.75) is 33.2 Å². The van der Waals surface area contributed by atoms with Crippen LogP contribution >= 0.6 is 0 Å². The van der Waals surface area contributed by atoms with Crippen molar-refractivity contribution in [3.05, 3.63) is 111 Å². The van der Waals surface area contributed by atoms with Crippen molar-refractivity contribution in [2.24, 2.45) is 0 Å². The van der Waals surface area contributed by atoms with E-state index in [0.717, 1.165) is 44.1 Å². The summed E-state index contributed by atoms with van der Waals surface area (Å²) in [5.74, 6) is 0.317. The van der Waals surface area contributed by atoms with Crippen LogP contribution in [0, 0.1) is 20.8 Å². The highest BCUT2D eigenvalue weighted by Crippen LogP contribution is 2.33. The van der Waals surface area contributed by atoms with E-state index in [1.165, 1.54) is 0 Å². The molecule has 0 saturated heterocycles. The van der Waals surface area contributed by atoms with Crippen LogP contribution in [0.5, 0.6) is 0 Å². The summed E-state index contributed by atoms with van der Waals surface area (Å²) in [5.41, 5.74) is 6.08. The molecule has 6 rings (SSSR count). The molecule has 7 heteroatoms. The second-order valence-corrected chi connectivity index (χ2v) is 9.39. The van der Waals surface area contributed by atoms with Gasteiger partial charge in [-0.05, 0) is 55.7 Å². The topological polar surface area (TPSA) is 101 Å². The molecule has 0 aliphatic carbocycles. The first-order valence-electron chi connectivity index (χ1n) is 12.1. The van der Waals surface area contributed by atoms with Gasteiger partial charge in [-0.25, -0.2) is 9.78 Å². The van der Waals surface area contributed by atoms with Gasteiger partial charge in [0.05, 0.1) is 29.3 Å². The molecule has 3 aromatic heterocycles. The van der Waals surface area contributed by atoms with Crippen molar-refractivity contribution < 1.29 is 13.6 Å². The molecule has 184 valence electrons. The predicted octanol–water partition coefficient (Wildman–Crippen LogP) is 5.79. The van der Waals surface area contributed by atoms with Gasteiger partial charge in [-0.2, -0.15) is 0 Å². The molecule has 0 bridgehead atoms. The number of imidazole rings is 1. The van der Waals surface area contributed by atoms with Crippen LogP contribution in [0.2, 0.25) is 0 Å². The Kier molecular flexibility index (Phi) is 5.41. The number of aryl methyl sites for hydroxylation is 3. The van der Waals surface area contributed by atoms with Crippen LogP contribution in [0.4, 0.5) is 0 Å². The lowest BCUT2D eigenvalue weighted by atomic mass is 9.98. The number of aromatic nitrogens is 2. The Balaban J connectivity index is 1.38. The monoisotopic (exact) mass is 491 g/mol. The van der Waals surface area contributed by atoms with Crippen LogP contribution in [0.3, 0.4) is 0 Å². The number of amides is 1. The molecular weight excluding hydrogens is 466 g/mol. The van der Waals surface area contributed by atoms with Gasteiger partial charge in [0.15, 0.2) is 0 Å². The lowest BCUT2D eigenvalue weighted by Crippen LogP contribution is -2.32. The minimum absolute atomic E-state index is 0.116. The minimum Gasteiger partial charge on any atom is -0.464 e. The fourth-order valence-electron chi connectivity index (χ4n) is 4.96. The molecule has 0 aliphatic heterocycles.